The molecule has 1 amide bonds. The highest BCUT2D eigenvalue weighted by molar-refractivity contribution is 6.02. The lowest BCUT2D eigenvalue weighted by Gasteiger charge is -2.22. The number of fused-ring (bicyclic) bond motifs is 1. The van der Waals surface area contributed by atoms with Crippen LogP contribution in [0.25, 0.3) is 11.0 Å². The van der Waals surface area contributed by atoms with E-state index < -0.39 is 17.4 Å². The van der Waals surface area contributed by atoms with E-state index in [1.165, 1.54) is 14.2 Å². The number of hydrogen-bond acceptors (Lipinski definition) is 5. The van der Waals surface area contributed by atoms with Crippen LogP contribution in [-0.2, 0) is 9.53 Å². The van der Waals surface area contributed by atoms with Crippen molar-refractivity contribution in [1.29, 1.82) is 0 Å². The number of benzene rings is 1. The summed E-state index contributed by atoms with van der Waals surface area (Å²) in [5, 5.41) is 3.41. The maximum atomic E-state index is 12.4. The van der Waals surface area contributed by atoms with Crippen LogP contribution in [0.1, 0.15) is 30.0 Å². The van der Waals surface area contributed by atoms with Gasteiger partial charge in [0.25, 0.3) is 5.91 Å². The van der Waals surface area contributed by atoms with Crippen LogP contribution < -0.4 is 10.1 Å². The minimum atomic E-state index is -1.15. The van der Waals surface area contributed by atoms with Crippen LogP contribution in [0.15, 0.2) is 22.6 Å². The second-order valence-electron chi connectivity index (χ2n) is 5.46. The molecule has 0 bridgehead atoms. The second kappa shape index (κ2) is 5.71. The monoisotopic (exact) mass is 305 g/mol. The highest BCUT2D eigenvalue weighted by Gasteiger charge is 2.32. The number of para-hydroxylation sites is 1. The normalized spacial score (nSPS) is 11.3. The third-order valence-corrected chi connectivity index (χ3v) is 3.48. The molecular formula is C16H19NO5. The summed E-state index contributed by atoms with van der Waals surface area (Å²) in [6.45, 7) is 4.91. The zero-order valence-corrected chi connectivity index (χ0v) is 13.3. The van der Waals surface area contributed by atoms with E-state index in [1.807, 2.05) is 12.1 Å². The first kappa shape index (κ1) is 15.9. The molecule has 0 saturated heterocycles. The van der Waals surface area contributed by atoms with E-state index in [4.69, 9.17) is 9.15 Å². The van der Waals surface area contributed by atoms with Crippen molar-refractivity contribution in [3.63, 3.8) is 0 Å². The van der Waals surface area contributed by atoms with Gasteiger partial charge < -0.3 is 19.2 Å². The first-order valence-electron chi connectivity index (χ1n) is 6.79. The van der Waals surface area contributed by atoms with Crippen LogP contribution in [0.3, 0.4) is 0 Å². The van der Waals surface area contributed by atoms with Gasteiger partial charge in [-0.15, -0.1) is 0 Å². The lowest BCUT2D eigenvalue weighted by atomic mass is 10.1. The minimum Gasteiger partial charge on any atom is -0.493 e. The molecule has 0 aliphatic carbocycles. The number of rotatable bonds is 4. The van der Waals surface area contributed by atoms with Crippen molar-refractivity contribution in [2.75, 3.05) is 14.2 Å². The van der Waals surface area contributed by atoms with Gasteiger partial charge in [0, 0.05) is 10.9 Å². The number of hydrogen-bond donors (Lipinski definition) is 1. The second-order valence-corrected chi connectivity index (χ2v) is 5.46. The highest BCUT2D eigenvalue weighted by Crippen LogP contribution is 2.32. The first-order chi connectivity index (χ1) is 10.3. The van der Waals surface area contributed by atoms with Crippen LogP contribution >= 0.6 is 0 Å². The van der Waals surface area contributed by atoms with Crippen LogP contribution in [0.5, 0.6) is 5.75 Å². The van der Waals surface area contributed by atoms with E-state index >= 15 is 0 Å². The van der Waals surface area contributed by atoms with Crippen LogP contribution in [0.4, 0.5) is 0 Å². The van der Waals surface area contributed by atoms with Gasteiger partial charge in [0.2, 0.25) is 0 Å². The van der Waals surface area contributed by atoms with Crippen LogP contribution in [0, 0.1) is 6.92 Å². The highest BCUT2D eigenvalue weighted by atomic mass is 16.5. The number of nitrogens with one attached hydrogen (secondary N) is 1. The molecule has 2 rings (SSSR count). The summed E-state index contributed by atoms with van der Waals surface area (Å²) in [6.07, 6.45) is 0. The van der Waals surface area contributed by atoms with Gasteiger partial charge >= 0.3 is 5.97 Å². The first-order valence-corrected chi connectivity index (χ1v) is 6.79. The fourth-order valence-corrected chi connectivity index (χ4v) is 2.24. The van der Waals surface area contributed by atoms with Gasteiger partial charge in [0.15, 0.2) is 17.1 Å². The number of ether oxygens (including phenoxy) is 2. The molecular weight excluding hydrogens is 286 g/mol. The zero-order chi connectivity index (χ0) is 16.5. The van der Waals surface area contributed by atoms with Gasteiger partial charge in [0.1, 0.15) is 5.54 Å². The predicted molar refractivity (Wildman–Crippen MR) is 81.1 cm³/mol. The molecule has 6 nitrogen and oxygen atoms in total. The van der Waals surface area contributed by atoms with E-state index in [1.54, 1.807) is 26.8 Å². The number of aryl methyl sites for hydroxylation is 1. The fourth-order valence-electron chi connectivity index (χ4n) is 2.24. The molecule has 1 heterocycles. The largest absolute Gasteiger partial charge is 0.493 e. The Morgan fingerprint density at radius 2 is 1.91 bits per heavy atom. The lowest BCUT2D eigenvalue weighted by molar-refractivity contribution is -0.146. The van der Waals surface area contributed by atoms with E-state index in [0.717, 1.165) is 5.39 Å². The Labute approximate surface area is 128 Å². The quantitative estimate of drug-likeness (QED) is 0.878. The van der Waals surface area contributed by atoms with Gasteiger partial charge in [-0.25, -0.2) is 4.79 Å². The summed E-state index contributed by atoms with van der Waals surface area (Å²) < 4.78 is 15.6. The van der Waals surface area contributed by atoms with E-state index in [9.17, 15) is 9.59 Å². The molecule has 6 heteroatoms. The van der Waals surface area contributed by atoms with Crippen LogP contribution in [-0.4, -0.2) is 31.6 Å². The topological polar surface area (TPSA) is 77.8 Å². The number of amides is 1. The standard InChI is InChI=1S/C16H19NO5/c1-9-10-7-6-8-11(20-4)13(10)22-12(9)14(18)17-16(2,3)15(19)21-5/h6-8H,1-5H3,(H,17,18). The summed E-state index contributed by atoms with van der Waals surface area (Å²) in [7, 11) is 2.81. The summed E-state index contributed by atoms with van der Waals surface area (Å²) in [4.78, 5) is 24.1. The predicted octanol–water partition coefficient (Wildman–Crippen LogP) is 2.43. The van der Waals surface area contributed by atoms with Crippen molar-refractivity contribution in [2.24, 2.45) is 0 Å². The van der Waals surface area contributed by atoms with Crippen molar-refractivity contribution < 1.29 is 23.5 Å². The van der Waals surface area contributed by atoms with Gasteiger partial charge in [-0.1, -0.05) is 12.1 Å². The number of furan rings is 1. The molecule has 0 atom stereocenters. The molecule has 22 heavy (non-hydrogen) atoms. The molecule has 1 aromatic carbocycles. The van der Waals surface area contributed by atoms with Crippen molar-refractivity contribution in [3.05, 3.63) is 29.5 Å². The van der Waals surface area contributed by atoms with E-state index in [-0.39, 0.29) is 5.76 Å². The number of carbonyl (C=O) groups is 2. The molecule has 0 spiro atoms. The summed E-state index contributed by atoms with van der Waals surface area (Å²) in [5.74, 6) is -0.318. The zero-order valence-electron chi connectivity index (χ0n) is 13.3. The van der Waals surface area contributed by atoms with Gasteiger partial charge in [-0.05, 0) is 26.8 Å². The van der Waals surface area contributed by atoms with Crippen molar-refractivity contribution in [2.45, 2.75) is 26.3 Å². The Hall–Kier alpha value is -2.50. The Bertz CT molecular complexity index is 729. The summed E-state index contributed by atoms with van der Waals surface area (Å²) >= 11 is 0. The number of methoxy groups -OCH3 is 2. The maximum Gasteiger partial charge on any atom is 0.330 e. The Balaban J connectivity index is 2.41. The number of esters is 1. The molecule has 0 saturated carbocycles. The third-order valence-electron chi connectivity index (χ3n) is 3.48. The van der Waals surface area contributed by atoms with Gasteiger partial charge in [-0.2, -0.15) is 0 Å². The molecule has 1 aromatic heterocycles. The van der Waals surface area contributed by atoms with Gasteiger partial charge in [-0.3, -0.25) is 4.79 Å². The summed E-state index contributed by atoms with van der Waals surface area (Å²) in [6, 6.07) is 5.42. The van der Waals surface area contributed by atoms with Crippen molar-refractivity contribution in [1.82, 2.24) is 5.32 Å². The molecule has 0 aliphatic rings. The van der Waals surface area contributed by atoms with E-state index in [0.29, 0.717) is 16.9 Å². The summed E-state index contributed by atoms with van der Waals surface area (Å²) in [5.41, 5.74) is 0.0389. The Morgan fingerprint density at radius 1 is 1.23 bits per heavy atom. The minimum absolute atomic E-state index is 0.150. The number of carbonyl (C=O) groups excluding carboxylic acids is 2. The Kier molecular flexibility index (Phi) is 4.12. The van der Waals surface area contributed by atoms with Crippen molar-refractivity contribution >= 4 is 22.8 Å². The average molecular weight is 305 g/mol. The lowest BCUT2D eigenvalue weighted by Crippen LogP contribution is -2.50. The molecule has 0 fully saturated rings. The van der Waals surface area contributed by atoms with Crippen molar-refractivity contribution in [3.8, 4) is 5.75 Å². The maximum absolute atomic E-state index is 12.4. The smallest absolute Gasteiger partial charge is 0.330 e. The molecule has 2 aromatic rings. The molecule has 0 aliphatic heterocycles. The average Bonchev–Trinajstić information content (AvgIpc) is 2.83. The molecule has 0 radical (unpaired) electrons. The molecule has 0 unspecified atom stereocenters. The molecule has 118 valence electrons. The third kappa shape index (κ3) is 2.64. The van der Waals surface area contributed by atoms with E-state index in [2.05, 4.69) is 10.1 Å². The SMILES string of the molecule is COC(=O)C(C)(C)NC(=O)c1oc2c(OC)cccc2c1C. The van der Waals surface area contributed by atoms with Crippen LogP contribution in [0.2, 0.25) is 0 Å². The van der Waals surface area contributed by atoms with Gasteiger partial charge in [0.05, 0.1) is 14.2 Å². The Morgan fingerprint density at radius 3 is 2.50 bits per heavy atom. The molecule has 1 N–H and O–H groups in total. The fraction of sp³-hybridized carbons (Fsp3) is 0.375.